The van der Waals surface area contributed by atoms with Gasteiger partial charge in [0.2, 0.25) is 0 Å². The van der Waals surface area contributed by atoms with Gasteiger partial charge in [0, 0.05) is 14.1 Å². The first-order chi connectivity index (χ1) is 8.33. The highest BCUT2D eigenvalue weighted by atomic mass is 32.2. The van der Waals surface area contributed by atoms with Gasteiger partial charge in [0.15, 0.2) is 0 Å². The molecule has 0 fully saturated rings. The quantitative estimate of drug-likeness (QED) is 0.602. The molecule has 18 heavy (non-hydrogen) atoms. The van der Waals surface area contributed by atoms with Gasteiger partial charge in [-0.1, -0.05) is 4.89 Å². The van der Waals surface area contributed by atoms with Crippen LogP contribution in [0.4, 0.5) is 5.69 Å². The zero-order valence-corrected chi connectivity index (χ0v) is 11.0. The van der Waals surface area contributed by atoms with E-state index in [9.17, 15) is 13.2 Å². The van der Waals surface area contributed by atoms with E-state index in [2.05, 4.69) is 4.74 Å². The van der Waals surface area contributed by atoms with Gasteiger partial charge in [-0.25, -0.2) is 13.2 Å². The highest BCUT2D eigenvalue weighted by Gasteiger charge is 2.21. The van der Waals surface area contributed by atoms with Crippen LogP contribution in [0.1, 0.15) is 10.4 Å². The van der Waals surface area contributed by atoms with Crippen molar-refractivity contribution in [2.24, 2.45) is 0 Å². The van der Waals surface area contributed by atoms with E-state index in [1.165, 1.54) is 24.1 Å². The third kappa shape index (κ3) is 2.78. The van der Waals surface area contributed by atoms with Gasteiger partial charge >= 0.3 is 5.97 Å². The van der Waals surface area contributed by atoms with Gasteiger partial charge in [-0.3, -0.25) is 0 Å². The Morgan fingerprint density at radius 2 is 2.00 bits per heavy atom. The van der Waals surface area contributed by atoms with Gasteiger partial charge in [-0.15, -0.1) is 0 Å². The lowest BCUT2D eigenvalue weighted by Crippen LogP contribution is -2.23. The fourth-order valence-corrected chi connectivity index (χ4v) is 2.30. The maximum absolute atomic E-state index is 11.6. The summed E-state index contributed by atoms with van der Waals surface area (Å²) in [5, 5.41) is 8.67. The minimum Gasteiger partial charge on any atom is -0.465 e. The highest BCUT2D eigenvalue weighted by Crippen LogP contribution is 2.25. The molecule has 0 aliphatic heterocycles. The minimum atomic E-state index is -4.08. The minimum absolute atomic E-state index is 0.0805. The van der Waals surface area contributed by atoms with Crippen LogP contribution in [-0.2, 0) is 14.8 Å². The van der Waals surface area contributed by atoms with E-state index < -0.39 is 16.0 Å². The van der Waals surface area contributed by atoms with Crippen molar-refractivity contribution in [3.63, 3.8) is 0 Å². The Morgan fingerprint density at radius 1 is 1.39 bits per heavy atom. The molecule has 100 valence electrons. The molecule has 0 aliphatic carbocycles. The first-order valence-electron chi connectivity index (χ1n) is 4.89. The zero-order chi connectivity index (χ0) is 13.9. The van der Waals surface area contributed by atoms with Crippen LogP contribution in [0.3, 0.4) is 0 Å². The Morgan fingerprint density at radius 3 is 2.44 bits per heavy atom. The number of nitrogens with zero attached hydrogens (tertiary/aromatic N) is 1. The first kappa shape index (κ1) is 14.4. The molecular weight excluding hydrogens is 260 g/mol. The molecule has 0 radical (unpaired) electrons. The predicted molar refractivity (Wildman–Crippen MR) is 64.2 cm³/mol. The lowest BCUT2D eigenvalue weighted by molar-refractivity contribution is 0.0600. The van der Waals surface area contributed by atoms with Crippen LogP contribution in [0, 0.1) is 0 Å². The van der Waals surface area contributed by atoms with Crippen molar-refractivity contribution in [3.05, 3.63) is 23.8 Å². The molecule has 0 saturated carbocycles. The van der Waals surface area contributed by atoms with Crippen molar-refractivity contribution < 1.29 is 23.2 Å². The highest BCUT2D eigenvalue weighted by molar-refractivity contribution is 7.89. The van der Waals surface area contributed by atoms with Gasteiger partial charge in [-0.2, -0.15) is 0 Å². The first-order valence-corrected chi connectivity index (χ1v) is 6.37. The second-order valence-electron chi connectivity index (χ2n) is 3.66. The number of nitrogens with one attached hydrogen (secondary N) is 1. The molecule has 0 saturated heterocycles. The van der Waals surface area contributed by atoms with E-state index in [-0.39, 0.29) is 10.5 Å². The number of hydrogen-bond acceptors (Lipinski definition) is 6. The van der Waals surface area contributed by atoms with Crippen molar-refractivity contribution in [2.75, 3.05) is 26.1 Å². The van der Waals surface area contributed by atoms with Crippen molar-refractivity contribution in [1.82, 2.24) is 4.89 Å². The van der Waals surface area contributed by atoms with Crippen LogP contribution >= 0.6 is 0 Å². The molecule has 0 atom stereocenters. The smallest absolute Gasteiger partial charge is 0.337 e. The maximum Gasteiger partial charge on any atom is 0.337 e. The SMILES string of the molecule is COC(=O)c1ccc(N(C)C)c(S(=O)(=O)NO)c1. The molecule has 0 amide bonds. The molecule has 1 rings (SSSR count). The number of carbonyl (C=O) groups excluding carboxylic acids is 1. The summed E-state index contributed by atoms with van der Waals surface area (Å²) in [6.07, 6.45) is 0. The van der Waals surface area contributed by atoms with Gasteiger partial charge < -0.3 is 14.8 Å². The van der Waals surface area contributed by atoms with Crippen molar-refractivity contribution in [1.29, 1.82) is 0 Å². The predicted octanol–water partition coefficient (Wildman–Crippen LogP) is 0.207. The van der Waals surface area contributed by atoms with Gasteiger partial charge in [0.25, 0.3) is 10.0 Å². The van der Waals surface area contributed by atoms with Crippen molar-refractivity contribution in [2.45, 2.75) is 4.90 Å². The summed E-state index contributed by atoms with van der Waals surface area (Å²) in [6, 6.07) is 4.04. The Kier molecular flexibility index (Phi) is 4.28. The van der Waals surface area contributed by atoms with Crippen molar-refractivity contribution in [3.8, 4) is 0 Å². The molecule has 0 unspecified atom stereocenters. The zero-order valence-electron chi connectivity index (χ0n) is 10.2. The number of carbonyl (C=O) groups is 1. The van der Waals surface area contributed by atoms with Crippen LogP contribution in [0.2, 0.25) is 0 Å². The molecule has 0 aromatic heterocycles. The molecule has 1 aromatic rings. The lowest BCUT2D eigenvalue weighted by atomic mass is 10.2. The number of anilines is 1. The van der Waals surface area contributed by atoms with E-state index in [4.69, 9.17) is 5.21 Å². The standard InChI is InChI=1S/C10H14N2O5S/c1-12(2)8-5-4-7(10(13)17-3)6-9(8)18(15,16)11-14/h4-6,11,14H,1-3H3. The second-order valence-corrected chi connectivity index (χ2v) is 5.29. The number of ether oxygens (including phenoxy) is 1. The monoisotopic (exact) mass is 274 g/mol. The maximum atomic E-state index is 11.6. The normalized spacial score (nSPS) is 11.1. The van der Waals surface area contributed by atoms with E-state index in [1.54, 1.807) is 19.0 Å². The van der Waals surface area contributed by atoms with Crippen LogP contribution < -0.4 is 9.79 Å². The van der Waals surface area contributed by atoms with E-state index in [0.717, 1.165) is 6.07 Å². The molecule has 0 spiro atoms. The largest absolute Gasteiger partial charge is 0.465 e. The molecule has 7 nitrogen and oxygen atoms in total. The molecular formula is C10H14N2O5S. The van der Waals surface area contributed by atoms with Crippen molar-refractivity contribution >= 4 is 21.7 Å². The number of benzene rings is 1. The molecule has 0 bridgehead atoms. The summed E-state index contributed by atoms with van der Waals surface area (Å²) < 4.78 is 27.8. The van der Waals surface area contributed by atoms with Gasteiger partial charge in [0.05, 0.1) is 18.4 Å². The summed E-state index contributed by atoms with van der Waals surface area (Å²) in [7, 11) is 0.398. The fraction of sp³-hybridized carbons (Fsp3) is 0.300. The molecule has 0 heterocycles. The van der Waals surface area contributed by atoms with Crippen LogP contribution in [0.25, 0.3) is 0 Å². The number of rotatable bonds is 4. The molecule has 8 heteroatoms. The Bertz CT molecular complexity index is 553. The number of sulfonamides is 1. The van der Waals surface area contributed by atoms with Crippen LogP contribution in [-0.4, -0.2) is 40.8 Å². The summed E-state index contributed by atoms with van der Waals surface area (Å²) >= 11 is 0. The number of esters is 1. The number of methoxy groups -OCH3 is 1. The van der Waals surface area contributed by atoms with E-state index >= 15 is 0 Å². The molecule has 0 aliphatic rings. The third-order valence-corrected chi connectivity index (χ3v) is 3.42. The van der Waals surface area contributed by atoms with E-state index in [0.29, 0.717) is 5.69 Å². The summed E-state index contributed by atoms with van der Waals surface area (Å²) in [4.78, 5) is 13.9. The summed E-state index contributed by atoms with van der Waals surface area (Å²) in [6.45, 7) is 0. The Balaban J connectivity index is 3.48. The third-order valence-electron chi connectivity index (χ3n) is 2.27. The van der Waals surface area contributed by atoms with Crippen LogP contribution in [0.5, 0.6) is 0 Å². The number of hydrogen-bond donors (Lipinski definition) is 2. The van der Waals surface area contributed by atoms with Crippen LogP contribution in [0.15, 0.2) is 23.1 Å². The molecule has 2 N–H and O–H groups in total. The summed E-state index contributed by atoms with van der Waals surface area (Å²) in [5.41, 5.74) is 0.418. The molecule has 1 aromatic carbocycles. The van der Waals surface area contributed by atoms with E-state index in [1.807, 2.05) is 0 Å². The Hall–Kier alpha value is -1.64. The average Bonchev–Trinajstić information content (AvgIpc) is 2.36. The lowest BCUT2D eigenvalue weighted by Gasteiger charge is -2.17. The fourth-order valence-electron chi connectivity index (χ4n) is 1.39. The Labute approximate surface area is 105 Å². The van der Waals surface area contributed by atoms with Gasteiger partial charge in [-0.05, 0) is 18.2 Å². The van der Waals surface area contributed by atoms with Gasteiger partial charge in [0.1, 0.15) is 4.90 Å². The topological polar surface area (TPSA) is 95.9 Å². The second kappa shape index (κ2) is 5.34. The average molecular weight is 274 g/mol. The summed E-state index contributed by atoms with van der Waals surface area (Å²) in [5.74, 6) is -0.658.